The molecule has 34 heavy (non-hydrogen) atoms. The van der Waals surface area contributed by atoms with Crippen LogP contribution in [0.1, 0.15) is 43.7 Å². The number of esters is 1. The number of ether oxygens (including phenoxy) is 1. The van der Waals surface area contributed by atoms with E-state index in [1.807, 2.05) is 31.2 Å². The maximum atomic E-state index is 11.6. The van der Waals surface area contributed by atoms with Crippen molar-refractivity contribution in [2.24, 2.45) is 11.8 Å². The second-order valence-corrected chi connectivity index (χ2v) is 9.16. The molecule has 2 heterocycles. The van der Waals surface area contributed by atoms with Crippen LogP contribution in [0.25, 0.3) is 0 Å². The first-order chi connectivity index (χ1) is 16.5. The van der Waals surface area contributed by atoms with E-state index < -0.39 is 5.97 Å². The van der Waals surface area contributed by atoms with Crippen molar-refractivity contribution in [3.05, 3.63) is 71.8 Å². The average molecular weight is 467 g/mol. The molecule has 2 fully saturated rings. The molecule has 0 bridgehead atoms. The molecule has 1 N–H and O–H groups in total. The molecular weight excluding hydrogens is 428 g/mol. The normalized spacial score (nSPS) is 18.0. The zero-order valence-electron chi connectivity index (χ0n) is 20.3. The standard InChI is InChI=1S/C15H21NO2.C13H17NO2/c1-2-18-15(17)14-8-10-16(11-9-14)12-13-6-4-3-5-7-13;15-13(16)12-6-8-14(9-7-12)10-11-4-2-1-3-5-11/h3-7,14H,2,8-12H2,1H3;1-5,12H,6-10H2,(H,15,16). The van der Waals surface area contributed by atoms with Gasteiger partial charge in [0.15, 0.2) is 0 Å². The number of nitrogens with zero attached hydrogens (tertiary/aromatic N) is 2. The van der Waals surface area contributed by atoms with Gasteiger partial charge in [-0.15, -0.1) is 0 Å². The molecule has 2 aromatic carbocycles. The van der Waals surface area contributed by atoms with Crippen LogP contribution in [0.4, 0.5) is 0 Å². The van der Waals surface area contributed by atoms with Crippen LogP contribution >= 0.6 is 0 Å². The van der Waals surface area contributed by atoms with Crippen LogP contribution in [0.2, 0.25) is 0 Å². The number of hydrogen-bond donors (Lipinski definition) is 1. The summed E-state index contributed by atoms with van der Waals surface area (Å²) in [5, 5.41) is 8.90. The summed E-state index contributed by atoms with van der Waals surface area (Å²) in [4.78, 5) is 27.2. The van der Waals surface area contributed by atoms with E-state index in [9.17, 15) is 9.59 Å². The highest BCUT2D eigenvalue weighted by Crippen LogP contribution is 2.20. The third-order valence-electron chi connectivity index (χ3n) is 6.64. The van der Waals surface area contributed by atoms with Gasteiger partial charge in [-0.25, -0.2) is 0 Å². The molecule has 0 atom stereocenters. The molecule has 2 aromatic rings. The minimum Gasteiger partial charge on any atom is -0.481 e. The van der Waals surface area contributed by atoms with Gasteiger partial charge in [-0.1, -0.05) is 60.7 Å². The van der Waals surface area contributed by atoms with Crippen LogP contribution in [0.3, 0.4) is 0 Å². The van der Waals surface area contributed by atoms with E-state index in [1.54, 1.807) is 0 Å². The molecule has 0 unspecified atom stereocenters. The molecule has 0 amide bonds. The summed E-state index contributed by atoms with van der Waals surface area (Å²) in [6.07, 6.45) is 3.40. The van der Waals surface area contributed by atoms with E-state index in [4.69, 9.17) is 9.84 Å². The maximum Gasteiger partial charge on any atom is 0.309 e. The van der Waals surface area contributed by atoms with Gasteiger partial charge in [0, 0.05) is 13.1 Å². The van der Waals surface area contributed by atoms with E-state index >= 15 is 0 Å². The number of carbonyl (C=O) groups is 2. The molecule has 0 spiro atoms. The largest absolute Gasteiger partial charge is 0.481 e. The highest BCUT2D eigenvalue weighted by Gasteiger charge is 2.26. The first-order valence-electron chi connectivity index (χ1n) is 12.5. The molecule has 4 rings (SSSR count). The number of carbonyl (C=O) groups excluding carboxylic acids is 1. The number of aliphatic carboxylic acids is 1. The highest BCUT2D eigenvalue weighted by molar-refractivity contribution is 5.72. The fourth-order valence-electron chi connectivity index (χ4n) is 4.61. The fraction of sp³-hybridized carbons (Fsp3) is 0.500. The molecule has 2 saturated heterocycles. The Morgan fingerprint density at radius 2 is 1.18 bits per heavy atom. The second kappa shape index (κ2) is 13.9. The van der Waals surface area contributed by atoms with Crippen molar-refractivity contribution in [3.8, 4) is 0 Å². The van der Waals surface area contributed by atoms with Gasteiger partial charge in [-0.05, 0) is 69.9 Å². The molecule has 0 saturated carbocycles. The van der Waals surface area contributed by atoms with Gasteiger partial charge in [0.1, 0.15) is 0 Å². The number of benzene rings is 2. The van der Waals surface area contributed by atoms with Crippen LogP contribution in [-0.2, 0) is 27.4 Å². The monoisotopic (exact) mass is 466 g/mol. The summed E-state index contributed by atoms with van der Waals surface area (Å²) in [5.74, 6) is -0.680. The average Bonchev–Trinajstić information content (AvgIpc) is 2.87. The minimum absolute atomic E-state index is 0.0168. The third kappa shape index (κ3) is 8.58. The number of carboxylic acids is 1. The van der Waals surface area contributed by atoms with Gasteiger partial charge in [0.25, 0.3) is 0 Å². The lowest BCUT2D eigenvalue weighted by atomic mass is 9.96. The van der Waals surface area contributed by atoms with Crippen molar-refractivity contribution in [1.29, 1.82) is 0 Å². The van der Waals surface area contributed by atoms with Crippen molar-refractivity contribution in [2.45, 2.75) is 45.7 Å². The van der Waals surface area contributed by atoms with Crippen LogP contribution in [-0.4, -0.2) is 59.6 Å². The number of hydrogen-bond acceptors (Lipinski definition) is 5. The van der Waals surface area contributed by atoms with Gasteiger partial charge in [0.05, 0.1) is 18.4 Å². The van der Waals surface area contributed by atoms with Crippen molar-refractivity contribution in [2.75, 3.05) is 32.8 Å². The minimum atomic E-state index is -0.639. The topological polar surface area (TPSA) is 70.1 Å². The Hall–Kier alpha value is -2.70. The van der Waals surface area contributed by atoms with Crippen molar-refractivity contribution >= 4 is 11.9 Å². The Morgan fingerprint density at radius 3 is 1.56 bits per heavy atom. The molecule has 6 nitrogen and oxygen atoms in total. The van der Waals surface area contributed by atoms with Gasteiger partial charge < -0.3 is 9.84 Å². The molecule has 2 aliphatic rings. The van der Waals surface area contributed by atoms with Gasteiger partial charge >= 0.3 is 11.9 Å². The Morgan fingerprint density at radius 1 is 0.765 bits per heavy atom. The van der Waals surface area contributed by atoms with E-state index in [0.29, 0.717) is 6.61 Å². The predicted octanol–water partition coefficient (Wildman–Crippen LogP) is 4.44. The molecule has 0 radical (unpaired) electrons. The summed E-state index contributed by atoms with van der Waals surface area (Å²) >= 11 is 0. The van der Waals surface area contributed by atoms with Gasteiger partial charge in [-0.3, -0.25) is 19.4 Å². The smallest absolute Gasteiger partial charge is 0.309 e. The molecule has 0 aliphatic carbocycles. The maximum absolute atomic E-state index is 11.6. The van der Waals surface area contributed by atoms with Crippen molar-refractivity contribution in [1.82, 2.24) is 9.80 Å². The number of rotatable bonds is 7. The predicted molar refractivity (Wildman–Crippen MR) is 133 cm³/mol. The zero-order chi connectivity index (χ0) is 24.2. The quantitative estimate of drug-likeness (QED) is 0.608. The first kappa shape index (κ1) is 25.9. The lowest BCUT2D eigenvalue weighted by Crippen LogP contribution is -2.36. The van der Waals surface area contributed by atoms with Crippen molar-refractivity contribution < 1.29 is 19.4 Å². The molecule has 6 heteroatoms. The van der Waals surface area contributed by atoms with E-state index in [0.717, 1.165) is 65.0 Å². The third-order valence-corrected chi connectivity index (χ3v) is 6.64. The van der Waals surface area contributed by atoms with E-state index in [2.05, 4.69) is 46.2 Å². The van der Waals surface area contributed by atoms with Crippen LogP contribution in [0.5, 0.6) is 0 Å². The molecule has 184 valence electrons. The van der Waals surface area contributed by atoms with E-state index in [1.165, 1.54) is 11.1 Å². The van der Waals surface area contributed by atoms with Crippen LogP contribution in [0.15, 0.2) is 60.7 Å². The summed E-state index contributed by atoms with van der Waals surface area (Å²) in [7, 11) is 0. The van der Waals surface area contributed by atoms with Crippen molar-refractivity contribution in [3.63, 3.8) is 0 Å². The Bertz CT molecular complexity index is 858. The second-order valence-electron chi connectivity index (χ2n) is 9.16. The lowest BCUT2D eigenvalue weighted by molar-refractivity contribution is -0.149. The fourth-order valence-corrected chi connectivity index (χ4v) is 4.61. The number of carboxylic acid groups (broad SMARTS) is 1. The summed E-state index contributed by atoms with van der Waals surface area (Å²) in [6, 6.07) is 20.8. The molecule has 2 aliphatic heterocycles. The Labute approximate surface area is 203 Å². The SMILES string of the molecule is CCOC(=O)C1CCN(Cc2ccccc2)CC1.O=C(O)C1CCN(Cc2ccccc2)CC1. The molecule has 0 aromatic heterocycles. The zero-order valence-corrected chi connectivity index (χ0v) is 20.3. The van der Waals surface area contributed by atoms with E-state index in [-0.39, 0.29) is 17.8 Å². The Balaban J connectivity index is 0.000000192. The van der Waals surface area contributed by atoms with Crippen LogP contribution < -0.4 is 0 Å². The number of piperidine rings is 2. The summed E-state index contributed by atoms with van der Waals surface area (Å²) < 4.78 is 5.08. The Kier molecular flexibility index (Phi) is 10.6. The van der Waals surface area contributed by atoms with Crippen LogP contribution in [0, 0.1) is 11.8 Å². The first-order valence-corrected chi connectivity index (χ1v) is 12.5. The highest BCUT2D eigenvalue weighted by atomic mass is 16.5. The summed E-state index contributed by atoms with van der Waals surface area (Å²) in [6.45, 7) is 8.03. The van der Waals surface area contributed by atoms with Gasteiger partial charge in [-0.2, -0.15) is 0 Å². The van der Waals surface area contributed by atoms with Gasteiger partial charge in [0.2, 0.25) is 0 Å². The number of likely N-dealkylation sites (tertiary alicyclic amines) is 2. The molecular formula is C28H38N2O4. The lowest BCUT2D eigenvalue weighted by Gasteiger charge is -2.30. The summed E-state index contributed by atoms with van der Waals surface area (Å²) in [5.41, 5.74) is 2.64.